The Hall–Kier alpha value is -1.87. The smallest absolute Gasteiger partial charge is 0.275 e. The van der Waals surface area contributed by atoms with E-state index in [2.05, 4.69) is 15.3 Å². The van der Waals surface area contributed by atoms with Gasteiger partial charge in [-0.1, -0.05) is 35.0 Å². The van der Waals surface area contributed by atoms with E-state index in [1.54, 1.807) is 6.07 Å². The van der Waals surface area contributed by atoms with Gasteiger partial charge < -0.3 is 15.8 Å². The predicted molar refractivity (Wildman–Crippen MR) is 113 cm³/mol. The van der Waals surface area contributed by atoms with E-state index >= 15 is 0 Å². The molecule has 3 heterocycles. The number of nitrogens with one attached hydrogen (secondary N) is 1. The molecule has 1 amide bonds. The summed E-state index contributed by atoms with van der Waals surface area (Å²) in [5.74, 6) is -0.134. The minimum absolute atomic E-state index is 0.0234. The summed E-state index contributed by atoms with van der Waals surface area (Å²) in [5, 5.41) is 3.55. The SMILES string of the molecule is NC1=N[C@@]2(c3cc(NC(=O)c4ncc(Cl)cc4Cl)ccc3F)COCC[C@H]2CS1. The van der Waals surface area contributed by atoms with Gasteiger partial charge in [0, 0.05) is 35.7 Å². The summed E-state index contributed by atoms with van der Waals surface area (Å²) in [6.07, 6.45) is 2.09. The van der Waals surface area contributed by atoms with Gasteiger partial charge >= 0.3 is 0 Å². The molecule has 3 N–H and O–H groups in total. The maximum Gasteiger partial charge on any atom is 0.275 e. The Labute approximate surface area is 181 Å². The molecule has 0 unspecified atom stereocenters. The van der Waals surface area contributed by atoms with E-state index in [9.17, 15) is 9.18 Å². The molecule has 2 aliphatic heterocycles. The van der Waals surface area contributed by atoms with E-state index in [-0.39, 0.29) is 23.2 Å². The highest BCUT2D eigenvalue weighted by molar-refractivity contribution is 8.13. The number of benzene rings is 1. The molecule has 0 bridgehead atoms. The number of nitrogens with zero attached hydrogens (tertiary/aromatic N) is 2. The van der Waals surface area contributed by atoms with E-state index in [1.807, 2.05) is 0 Å². The second kappa shape index (κ2) is 8.10. The van der Waals surface area contributed by atoms with Gasteiger partial charge in [-0.3, -0.25) is 4.79 Å². The van der Waals surface area contributed by atoms with Crippen LogP contribution in [0, 0.1) is 11.7 Å². The first-order chi connectivity index (χ1) is 13.9. The molecule has 1 saturated heterocycles. The standard InChI is InChI=1S/C19H17Cl2FN4O2S/c20-11-5-14(21)16(24-7-11)17(27)25-12-1-2-15(22)13(6-12)19-9-28-4-3-10(19)8-29-18(23)26-19/h1-2,5-7,10H,3-4,8-9H2,(H2,23,26)(H,25,27)/t10-,19-/m0/s1. The zero-order valence-electron chi connectivity index (χ0n) is 15.1. The molecule has 4 rings (SSSR count). The van der Waals surface area contributed by atoms with Gasteiger partial charge in [-0.2, -0.15) is 0 Å². The lowest BCUT2D eigenvalue weighted by Crippen LogP contribution is -2.48. The van der Waals surface area contributed by atoms with Gasteiger partial charge in [-0.05, 0) is 30.7 Å². The number of rotatable bonds is 3. The molecule has 29 heavy (non-hydrogen) atoms. The van der Waals surface area contributed by atoms with Crippen molar-refractivity contribution in [1.82, 2.24) is 4.98 Å². The number of amides is 1. The van der Waals surface area contributed by atoms with Crippen molar-refractivity contribution in [3.63, 3.8) is 0 Å². The molecular weight excluding hydrogens is 438 g/mol. The maximum atomic E-state index is 14.9. The summed E-state index contributed by atoms with van der Waals surface area (Å²) in [4.78, 5) is 21.1. The van der Waals surface area contributed by atoms with Gasteiger partial charge in [0.05, 0.1) is 16.7 Å². The van der Waals surface area contributed by atoms with Gasteiger partial charge in [-0.25, -0.2) is 14.4 Å². The lowest BCUT2D eigenvalue weighted by molar-refractivity contribution is 0.00304. The Morgan fingerprint density at radius 2 is 2.21 bits per heavy atom. The van der Waals surface area contributed by atoms with Crippen molar-refractivity contribution < 1.29 is 13.9 Å². The molecule has 0 spiro atoms. The van der Waals surface area contributed by atoms with Gasteiger partial charge in [0.1, 0.15) is 17.1 Å². The molecule has 1 aromatic heterocycles. The van der Waals surface area contributed by atoms with E-state index in [0.717, 1.165) is 12.2 Å². The molecule has 2 aliphatic rings. The number of aliphatic imine (C=N–C) groups is 1. The van der Waals surface area contributed by atoms with Crippen molar-refractivity contribution in [3.8, 4) is 0 Å². The first-order valence-corrected chi connectivity index (χ1v) is 10.6. The first-order valence-electron chi connectivity index (χ1n) is 8.87. The molecule has 1 aromatic carbocycles. The topological polar surface area (TPSA) is 89.6 Å². The summed E-state index contributed by atoms with van der Waals surface area (Å²) in [5.41, 5.74) is 5.82. The van der Waals surface area contributed by atoms with Crippen molar-refractivity contribution in [2.24, 2.45) is 16.6 Å². The van der Waals surface area contributed by atoms with Crippen LogP contribution in [0.1, 0.15) is 22.5 Å². The Morgan fingerprint density at radius 3 is 3.00 bits per heavy atom. The summed E-state index contributed by atoms with van der Waals surface area (Å²) in [6.45, 7) is 0.832. The molecular formula is C19H17Cl2FN4O2S. The van der Waals surface area contributed by atoms with Gasteiger partial charge in [-0.15, -0.1) is 0 Å². The molecule has 0 saturated carbocycles. The van der Waals surface area contributed by atoms with Crippen molar-refractivity contribution >= 4 is 51.7 Å². The van der Waals surface area contributed by atoms with Crippen LogP contribution in [-0.2, 0) is 10.3 Å². The second-order valence-corrected chi connectivity index (χ2v) is 8.74. The number of aromatic nitrogens is 1. The average molecular weight is 455 g/mol. The van der Waals surface area contributed by atoms with Crippen LogP contribution in [-0.4, -0.2) is 35.0 Å². The van der Waals surface area contributed by atoms with Crippen LogP contribution in [0.15, 0.2) is 35.5 Å². The van der Waals surface area contributed by atoms with E-state index in [1.165, 1.54) is 36.2 Å². The van der Waals surface area contributed by atoms with E-state index in [0.29, 0.717) is 28.0 Å². The van der Waals surface area contributed by atoms with E-state index < -0.39 is 17.3 Å². The number of carbonyl (C=O) groups is 1. The zero-order valence-corrected chi connectivity index (χ0v) is 17.5. The summed E-state index contributed by atoms with van der Waals surface area (Å²) in [7, 11) is 0. The zero-order chi connectivity index (χ0) is 20.6. The average Bonchev–Trinajstić information content (AvgIpc) is 2.69. The Balaban J connectivity index is 1.69. The van der Waals surface area contributed by atoms with Crippen LogP contribution < -0.4 is 11.1 Å². The molecule has 2 aromatic rings. The van der Waals surface area contributed by atoms with Crippen LogP contribution >= 0.6 is 35.0 Å². The van der Waals surface area contributed by atoms with Gasteiger partial charge in [0.25, 0.3) is 5.91 Å². The van der Waals surface area contributed by atoms with Crippen LogP contribution in [0.2, 0.25) is 10.0 Å². The monoisotopic (exact) mass is 454 g/mol. The third kappa shape index (κ3) is 3.94. The summed E-state index contributed by atoms with van der Waals surface area (Å²) < 4.78 is 20.5. The number of thioether (sulfide) groups is 1. The lowest BCUT2D eigenvalue weighted by Gasteiger charge is -2.43. The van der Waals surface area contributed by atoms with Crippen LogP contribution in [0.5, 0.6) is 0 Å². The number of ether oxygens (including phenoxy) is 1. The number of nitrogens with two attached hydrogens (primary N) is 1. The normalized spacial score (nSPS) is 23.8. The first kappa shape index (κ1) is 20.4. The van der Waals surface area contributed by atoms with Crippen LogP contribution in [0.25, 0.3) is 0 Å². The number of halogens is 3. The molecule has 10 heteroatoms. The van der Waals surface area contributed by atoms with Crippen LogP contribution in [0.3, 0.4) is 0 Å². The number of carbonyl (C=O) groups excluding carboxylic acids is 1. The molecule has 6 nitrogen and oxygen atoms in total. The highest BCUT2D eigenvalue weighted by atomic mass is 35.5. The van der Waals surface area contributed by atoms with Crippen molar-refractivity contribution in [2.75, 3.05) is 24.3 Å². The number of pyridine rings is 1. The minimum atomic E-state index is -0.908. The molecule has 1 fully saturated rings. The van der Waals surface area contributed by atoms with Gasteiger partial charge in [0.15, 0.2) is 5.17 Å². The number of anilines is 1. The fourth-order valence-electron chi connectivity index (χ4n) is 3.63. The molecule has 2 atom stereocenters. The quantitative estimate of drug-likeness (QED) is 0.729. The Bertz CT molecular complexity index is 1010. The predicted octanol–water partition coefficient (Wildman–Crippen LogP) is 4.07. The van der Waals surface area contributed by atoms with Gasteiger partial charge in [0.2, 0.25) is 0 Å². The second-order valence-electron chi connectivity index (χ2n) is 6.86. The number of hydrogen-bond donors (Lipinski definition) is 2. The number of fused-ring (bicyclic) bond motifs is 1. The highest BCUT2D eigenvalue weighted by Crippen LogP contribution is 2.45. The number of hydrogen-bond acceptors (Lipinski definition) is 6. The van der Waals surface area contributed by atoms with Crippen molar-refractivity contribution in [1.29, 1.82) is 0 Å². The largest absolute Gasteiger partial charge is 0.379 e. The Morgan fingerprint density at radius 1 is 1.38 bits per heavy atom. The number of amidine groups is 1. The highest BCUT2D eigenvalue weighted by Gasteiger charge is 2.47. The third-order valence-electron chi connectivity index (χ3n) is 5.06. The maximum absolute atomic E-state index is 14.9. The van der Waals surface area contributed by atoms with Crippen molar-refractivity contribution in [2.45, 2.75) is 12.0 Å². The van der Waals surface area contributed by atoms with Crippen molar-refractivity contribution in [3.05, 3.63) is 57.6 Å². The fraction of sp³-hybridized carbons (Fsp3) is 0.316. The lowest BCUT2D eigenvalue weighted by atomic mass is 9.76. The Kier molecular flexibility index (Phi) is 5.70. The molecule has 0 aliphatic carbocycles. The molecule has 0 radical (unpaired) electrons. The van der Waals surface area contributed by atoms with Crippen LogP contribution in [0.4, 0.5) is 10.1 Å². The summed E-state index contributed by atoms with van der Waals surface area (Å²) in [6, 6.07) is 5.78. The minimum Gasteiger partial charge on any atom is -0.379 e. The fourth-order valence-corrected chi connectivity index (χ4v) is 5.14. The summed E-state index contributed by atoms with van der Waals surface area (Å²) >= 11 is 13.3. The van der Waals surface area contributed by atoms with E-state index in [4.69, 9.17) is 33.7 Å². The molecule has 152 valence electrons. The third-order valence-corrected chi connectivity index (χ3v) is 6.51.